The predicted molar refractivity (Wildman–Crippen MR) is 98.7 cm³/mol. The fourth-order valence-electron chi connectivity index (χ4n) is 2.50. The lowest BCUT2D eigenvalue weighted by molar-refractivity contribution is -0.384. The summed E-state index contributed by atoms with van der Waals surface area (Å²) >= 11 is 6.09. The average Bonchev–Trinajstić information content (AvgIpc) is 2.97. The van der Waals surface area contributed by atoms with Gasteiger partial charge in [0.15, 0.2) is 0 Å². The smallest absolute Gasteiger partial charge is 0.269 e. The zero-order valence-corrected chi connectivity index (χ0v) is 14.6. The molecule has 0 aliphatic carbocycles. The number of halogens is 1. The molecule has 0 unspecified atom stereocenters. The summed E-state index contributed by atoms with van der Waals surface area (Å²) in [5, 5.41) is 18.5. The second kappa shape index (κ2) is 7.37. The summed E-state index contributed by atoms with van der Waals surface area (Å²) in [6.45, 7) is 1.80. The number of nitrogens with one attached hydrogen (secondary N) is 1. The molecular weight excluding hydrogens is 356 g/mol. The maximum absolute atomic E-state index is 12.4. The van der Waals surface area contributed by atoms with Crippen molar-refractivity contribution < 1.29 is 9.72 Å². The summed E-state index contributed by atoms with van der Waals surface area (Å²) in [6, 6.07) is 14.8. The summed E-state index contributed by atoms with van der Waals surface area (Å²) in [4.78, 5) is 22.7. The Morgan fingerprint density at radius 1 is 1.23 bits per heavy atom. The van der Waals surface area contributed by atoms with Crippen molar-refractivity contribution in [2.45, 2.75) is 13.3 Å². The summed E-state index contributed by atoms with van der Waals surface area (Å²) < 4.78 is 1.53. The van der Waals surface area contributed by atoms with Gasteiger partial charge < -0.3 is 5.32 Å². The van der Waals surface area contributed by atoms with E-state index in [1.807, 2.05) is 6.07 Å². The van der Waals surface area contributed by atoms with Crippen LogP contribution in [0.1, 0.15) is 11.3 Å². The summed E-state index contributed by atoms with van der Waals surface area (Å²) in [7, 11) is 0. The summed E-state index contributed by atoms with van der Waals surface area (Å²) in [5.74, 6) is 0.245. The van der Waals surface area contributed by atoms with Crippen molar-refractivity contribution in [2.75, 3.05) is 5.32 Å². The van der Waals surface area contributed by atoms with Crippen LogP contribution in [0.5, 0.6) is 0 Å². The highest BCUT2D eigenvalue weighted by Crippen LogP contribution is 2.21. The van der Waals surface area contributed by atoms with Gasteiger partial charge in [-0.3, -0.25) is 14.9 Å². The molecule has 132 valence electrons. The topological polar surface area (TPSA) is 90.1 Å². The van der Waals surface area contributed by atoms with Gasteiger partial charge in [0.2, 0.25) is 5.91 Å². The Labute approximate surface area is 154 Å². The number of non-ortho nitro benzene ring substituents is 1. The highest BCUT2D eigenvalue weighted by Gasteiger charge is 2.13. The van der Waals surface area contributed by atoms with E-state index < -0.39 is 4.92 Å². The van der Waals surface area contributed by atoms with Gasteiger partial charge in [0.05, 0.1) is 22.7 Å². The third-order valence-electron chi connectivity index (χ3n) is 3.71. The number of aryl methyl sites for hydroxylation is 1. The second-order valence-corrected chi connectivity index (χ2v) is 6.08. The minimum absolute atomic E-state index is 0.0121. The van der Waals surface area contributed by atoms with E-state index in [1.165, 1.54) is 16.8 Å². The maximum atomic E-state index is 12.4. The van der Waals surface area contributed by atoms with Crippen molar-refractivity contribution in [3.8, 4) is 5.69 Å². The number of hydrogen-bond donors (Lipinski definition) is 1. The number of aromatic nitrogens is 2. The molecule has 0 bridgehead atoms. The van der Waals surface area contributed by atoms with E-state index >= 15 is 0 Å². The zero-order chi connectivity index (χ0) is 18.7. The molecule has 0 radical (unpaired) electrons. The van der Waals surface area contributed by atoms with Gasteiger partial charge in [-0.05, 0) is 30.7 Å². The van der Waals surface area contributed by atoms with Crippen LogP contribution >= 0.6 is 11.6 Å². The Morgan fingerprint density at radius 3 is 2.58 bits per heavy atom. The number of carbonyl (C=O) groups excluding carboxylic acids is 1. The van der Waals surface area contributed by atoms with Crippen LogP contribution in [-0.2, 0) is 11.2 Å². The van der Waals surface area contributed by atoms with Gasteiger partial charge >= 0.3 is 0 Å². The average molecular weight is 371 g/mol. The SMILES string of the molecule is Cc1cc(NC(=O)Cc2ccccc2Cl)n(-c2ccc([N+](=O)[O-])cc2)n1. The molecule has 0 saturated carbocycles. The number of nitro groups is 1. The lowest BCUT2D eigenvalue weighted by atomic mass is 10.1. The van der Waals surface area contributed by atoms with Crippen LogP contribution in [0, 0.1) is 17.0 Å². The van der Waals surface area contributed by atoms with Gasteiger partial charge in [-0.15, -0.1) is 0 Å². The first-order valence-electron chi connectivity index (χ1n) is 7.79. The van der Waals surface area contributed by atoms with E-state index in [0.29, 0.717) is 22.2 Å². The molecule has 3 rings (SSSR count). The number of nitrogens with zero attached hydrogens (tertiary/aromatic N) is 3. The Bertz CT molecular complexity index is 967. The largest absolute Gasteiger partial charge is 0.310 e. The number of anilines is 1. The molecule has 1 heterocycles. The number of amides is 1. The van der Waals surface area contributed by atoms with Crippen LogP contribution in [0.15, 0.2) is 54.6 Å². The first-order valence-corrected chi connectivity index (χ1v) is 8.16. The molecule has 0 atom stereocenters. The van der Waals surface area contributed by atoms with E-state index in [9.17, 15) is 14.9 Å². The van der Waals surface area contributed by atoms with Crippen LogP contribution in [0.2, 0.25) is 5.02 Å². The minimum atomic E-state index is -0.468. The summed E-state index contributed by atoms with van der Waals surface area (Å²) in [6.07, 6.45) is 0.129. The minimum Gasteiger partial charge on any atom is -0.310 e. The highest BCUT2D eigenvalue weighted by atomic mass is 35.5. The van der Waals surface area contributed by atoms with E-state index in [4.69, 9.17) is 11.6 Å². The molecule has 1 aromatic heterocycles. The van der Waals surface area contributed by atoms with Crippen LogP contribution in [0.4, 0.5) is 11.5 Å². The molecule has 0 spiro atoms. The summed E-state index contributed by atoms with van der Waals surface area (Å²) in [5.41, 5.74) is 2.03. The van der Waals surface area contributed by atoms with E-state index in [0.717, 1.165) is 5.56 Å². The normalized spacial score (nSPS) is 10.5. The third kappa shape index (κ3) is 3.89. The fourth-order valence-corrected chi connectivity index (χ4v) is 2.71. The van der Waals surface area contributed by atoms with E-state index in [2.05, 4.69) is 10.4 Å². The molecule has 26 heavy (non-hydrogen) atoms. The van der Waals surface area contributed by atoms with Gasteiger partial charge in [-0.1, -0.05) is 29.8 Å². The fraction of sp³-hybridized carbons (Fsp3) is 0.111. The molecule has 1 N–H and O–H groups in total. The van der Waals surface area contributed by atoms with Crippen molar-refractivity contribution in [3.63, 3.8) is 0 Å². The Hall–Kier alpha value is -3.19. The molecule has 0 aliphatic rings. The zero-order valence-electron chi connectivity index (χ0n) is 13.8. The van der Waals surface area contributed by atoms with Crippen LogP contribution in [0.3, 0.4) is 0 Å². The second-order valence-electron chi connectivity index (χ2n) is 5.67. The quantitative estimate of drug-likeness (QED) is 0.544. The monoisotopic (exact) mass is 370 g/mol. The first kappa shape index (κ1) is 17.6. The lowest BCUT2D eigenvalue weighted by Gasteiger charge is -2.09. The van der Waals surface area contributed by atoms with Crippen molar-refractivity contribution in [1.29, 1.82) is 0 Å². The van der Waals surface area contributed by atoms with Crippen molar-refractivity contribution in [3.05, 3.63) is 81.0 Å². The van der Waals surface area contributed by atoms with Gasteiger partial charge in [0, 0.05) is 23.2 Å². The van der Waals surface area contributed by atoms with Gasteiger partial charge in [0.25, 0.3) is 5.69 Å². The molecule has 8 heteroatoms. The van der Waals surface area contributed by atoms with E-state index in [1.54, 1.807) is 43.3 Å². The number of rotatable bonds is 5. The lowest BCUT2D eigenvalue weighted by Crippen LogP contribution is -2.17. The number of hydrogen-bond acceptors (Lipinski definition) is 4. The molecule has 0 saturated heterocycles. The number of carbonyl (C=O) groups is 1. The standard InChI is InChI=1S/C18H15ClN4O3/c1-12-10-17(20-18(24)11-13-4-2-3-5-16(13)19)22(21-12)14-6-8-15(9-7-14)23(25)26/h2-10H,11H2,1H3,(H,20,24). The van der Waals surface area contributed by atoms with Gasteiger partial charge in [-0.2, -0.15) is 5.10 Å². The molecule has 7 nitrogen and oxygen atoms in total. The van der Waals surface area contributed by atoms with Crippen LogP contribution < -0.4 is 5.32 Å². The van der Waals surface area contributed by atoms with Crippen molar-refractivity contribution >= 4 is 29.0 Å². The predicted octanol–water partition coefficient (Wildman–Crippen LogP) is 3.92. The third-order valence-corrected chi connectivity index (χ3v) is 4.08. The van der Waals surface area contributed by atoms with Crippen LogP contribution in [-0.4, -0.2) is 20.6 Å². The molecule has 3 aromatic rings. The van der Waals surface area contributed by atoms with Gasteiger partial charge in [-0.25, -0.2) is 4.68 Å². The molecule has 1 amide bonds. The first-order chi connectivity index (χ1) is 12.4. The molecule has 0 fully saturated rings. The Balaban J connectivity index is 1.82. The molecular formula is C18H15ClN4O3. The number of benzene rings is 2. The maximum Gasteiger partial charge on any atom is 0.269 e. The van der Waals surface area contributed by atoms with E-state index in [-0.39, 0.29) is 18.0 Å². The number of nitro benzene ring substituents is 1. The van der Waals surface area contributed by atoms with Crippen molar-refractivity contribution in [1.82, 2.24) is 9.78 Å². The van der Waals surface area contributed by atoms with Crippen molar-refractivity contribution in [2.24, 2.45) is 0 Å². The highest BCUT2D eigenvalue weighted by molar-refractivity contribution is 6.31. The Morgan fingerprint density at radius 2 is 1.92 bits per heavy atom. The van der Waals surface area contributed by atoms with Crippen LogP contribution in [0.25, 0.3) is 5.69 Å². The Kier molecular flexibility index (Phi) is 4.99. The van der Waals surface area contributed by atoms with Gasteiger partial charge in [0.1, 0.15) is 5.82 Å². The molecule has 2 aromatic carbocycles. The molecule has 0 aliphatic heterocycles.